The molecule has 0 saturated heterocycles. The third-order valence-corrected chi connectivity index (χ3v) is 2.24. The minimum Gasteiger partial charge on any atom is -0.384 e. The van der Waals surface area contributed by atoms with E-state index in [4.69, 9.17) is 0 Å². The first-order chi connectivity index (χ1) is 5.10. The predicted octanol–water partition coefficient (Wildman–Crippen LogP) is 2.02. The summed E-state index contributed by atoms with van der Waals surface area (Å²) in [7, 11) is 0. The molecule has 0 aliphatic rings. The van der Waals surface area contributed by atoms with Gasteiger partial charge in [0.25, 0.3) is 0 Å². The van der Waals surface area contributed by atoms with Crippen LogP contribution in [0.1, 0.15) is 40.5 Å². The first kappa shape index (κ1) is 15.4. The molecule has 0 radical (unpaired) electrons. The minimum atomic E-state index is -0.657. The van der Waals surface area contributed by atoms with E-state index < -0.39 is 5.60 Å². The first-order valence-electron chi connectivity index (χ1n) is 4.34. The summed E-state index contributed by atoms with van der Waals surface area (Å²) in [6, 6.07) is 0. The second-order valence-electron chi connectivity index (χ2n) is 2.80. The molecule has 0 aromatic heterocycles. The summed E-state index contributed by atoms with van der Waals surface area (Å²) in [5, 5.41) is 9.90. The molecule has 0 aromatic rings. The molecule has 3 heteroatoms. The fourth-order valence-corrected chi connectivity index (χ4v) is 1.15. The normalized spacial score (nSPS) is 12.6. The Morgan fingerprint density at radius 3 is 1.92 bits per heavy atom. The van der Waals surface area contributed by atoms with Crippen molar-refractivity contribution in [3.63, 3.8) is 0 Å². The molecule has 1 N–H and O–H groups in total. The van der Waals surface area contributed by atoms with Crippen molar-refractivity contribution in [2.24, 2.45) is 4.99 Å². The predicted molar refractivity (Wildman–Crippen MR) is 49.2 cm³/mol. The molecule has 0 aliphatic heterocycles. The summed E-state index contributed by atoms with van der Waals surface area (Å²) >= 11 is 0. The third-order valence-electron chi connectivity index (χ3n) is 2.24. The van der Waals surface area contributed by atoms with Gasteiger partial charge in [0.15, 0.2) is 0 Å². The average Bonchev–Trinajstić information content (AvgIpc) is 2.03. The Bertz CT molecular complexity index is 141. The van der Waals surface area contributed by atoms with Crippen LogP contribution < -0.4 is 0 Å². The number of aliphatic imine (C=N–C) groups is 1. The maximum atomic E-state index is 9.90. The Balaban J connectivity index is 0. The SMILES string of the molecule is CCN=C(C)C(O)(CC)CC.[Gd]. The summed E-state index contributed by atoms with van der Waals surface area (Å²) in [6.45, 7) is 8.61. The van der Waals surface area contributed by atoms with E-state index in [0.29, 0.717) is 0 Å². The van der Waals surface area contributed by atoms with Gasteiger partial charge in [-0.05, 0) is 26.7 Å². The molecule has 0 aromatic carbocycles. The zero-order valence-corrected chi connectivity index (χ0v) is 10.6. The van der Waals surface area contributed by atoms with Gasteiger partial charge < -0.3 is 5.11 Å². The van der Waals surface area contributed by atoms with Gasteiger partial charge in [-0.1, -0.05) is 13.8 Å². The van der Waals surface area contributed by atoms with Crippen molar-refractivity contribution < 1.29 is 45.0 Å². The molecule has 74 valence electrons. The summed E-state index contributed by atoms with van der Waals surface area (Å²) in [5.74, 6) is 0. The minimum absolute atomic E-state index is 0. The summed E-state index contributed by atoms with van der Waals surface area (Å²) in [6.07, 6.45) is 1.50. The Labute approximate surface area is 108 Å². The Kier molecular flexibility index (Phi) is 9.47. The Hall–Kier alpha value is 0.955. The molecular weight excluding hydrogens is 295 g/mol. The van der Waals surface area contributed by atoms with Gasteiger partial charge in [0.2, 0.25) is 0 Å². The van der Waals surface area contributed by atoms with Crippen molar-refractivity contribution in [2.75, 3.05) is 6.54 Å². The molecule has 0 rings (SSSR count). The van der Waals surface area contributed by atoms with Crippen molar-refractivity contribution in [2.45, 2.75) is 46.1 Å². The number of hydrogen-bond acceptors (Lipinski definition) is 2. The van der Waals surface area contributed by atoms with Crippen molar-refractivity contribution in [3.8, 4) is 0 Å². The summed E-state index contributed by atoms with van der Waals surface area (Å²) in [5.41, 5.74) is 0.209. The van der Waals surface area contributed by atoms with Crippen LogP contribution in [0.15, 0.2) is 4.99 Å². The average molecular weight is 315 g/mol. The van der Waals surface area contributed by atoms with Gasteiger partial charge in [0.1, 0.15) is 5.60 Å². The summed E-state index contributed by atoms with van der Waals surface area (Å²) in [4.78, 5) is 4.20. The second kappa shape index (κ2) is 7.37. The molecule has 0 spiro atoms. The number of aliphatic hydroxyl groups is 1. The van der Waals surface area contributed by atoms with Gasteiger partial charge in [-0.25, -0.2) is 0 Å². The molecule has 0 amide bonds. The van der Waals surface area contributed by atoms with Gasteiger partial charge in [0.05, 0.1) is 0 Å². The Morgan fingerprint density at radius 2 is 1.67 bits per heavy atom. The molecule has 0 atom stereocenters. The van der Waals surface area contributed by atoms with Crippen LogP contribution in [0.3, 0.4) is 0 Å². The van der Waals surface area contributed by atoms with E-state index in [2.05, 4.69) is 4.99 Å². The number of nitrogens with zero attached hydrogens (tertiary/aromatic N) is 1. The molecule has 0 bridgehead atoms. The standard InChI is InChI=1S/C9H19NO.Gd/c1-5-9(11,6-2)8(4)10-7-3;/h11H,5-7H2,1-4H3;. The zero-order chi connectivity index (χ0) is 8.91. The first-order valence-corrected chi connectivity index (χ1v) is 4.34. The van der Waals surface area contributed by atoms with Gasteiger partial charge in [-0.3, -0.25) is 4.99 Å². The van der Waals surface area contributed by atoms with Crippen molar-refractivity contribution in [1.29, 1.82) is 0 Å². The van der Waals surface area contributed by atoms with Gasteiger partial charge in [0, 0.05) is 52.2 Å². The molecule has 2 nitrogen and oxygen atoms in total. The van der Waals surface area contributed by atoms with E-state index >= 15 is 0 Å². The van der Waals surface area contributed by atoms with Crippen LogP contribution in [0.2, 0.25) is 0 Å². The van der Waals surface area contributed by atoms with Crippen LogP contribution in [-0.4, -0.2) is 23.0 Å². The topological polar surface area (TPSA) is 32.6 Å². The fraction of sp³-hybridized carbons (Fsp3) is 0.889. The monoisotopic (exact) mass is 315 g/mol. The van der Waals surface area contributed by atoms with E-state index in [1.165, 1.54) is 0 Å². The van der Waals surface area contributed by atoms with E-state index in [1.54, 1.807) is 0 Å². The van der Waals surface area contributed by atoms with Crippen LogP contribution in [0, 0.1) is 39.9 Å². The molecule has 0 fully saturated rings. The van der Waals surface area contributed by atoms with Crippen molar-refractivity contribution >= 4 is 5.71 Å². The van der Waals surface area contributed by atoms with E-state index in [0.717, 1.165) is 25.1 Å². The molecule has 0 heterocycles. The number of hydrogen-bond donors (Lipinski definition) is 1. The zero-order valence-electron chi connectivity index (χ0n) is 8.37. The van der Waals surface area contributed by atoms with Crippen molar-refractivity contribution in [3.05, 3.63) is 0 Å². The maximum absolute atomic E-state index is 9.90. The van der Waals surface area contributed by atoms with E-state index in [1.807, 2.05) is 27.7 Å². The van der Waals surface area contributed by atoms with Gasteiger partial charge >= 0.3 is 0 Å². The molecule has 0 saturated carbocycles. The van der Waals surface area contributed by atoms with E-state index in [9.17, 15) is 5.11 Å². The van der Waals surface area contributed by atoms with Gasteiger partial charge in [-0.2, -0.15) is 0 Å². The fourth-order valence-electron chi connectivity index (χ4n) is 1.15. The quantitative estimate of drug-likeness (QED) is 0.791. The largest absolute Gasteiger partial charge is 0.384 e. The van der Waals surface area contributed by atoms with Crippen LogP contribution in [0.25, 0.3) is 0 Å². The maximum Gasteiger partial charge on any atom is 0.101 e. The second-order valence-corrected chi connectivity index (χ2v) is 2.80. The molecule has 0 aliphatic carbocycles. The van der Waals surface area contributed by atoms with Gasteiger partial charge in [-0.15, -0.1) is 0 Å². The third kappa shape index (κ3) is 4.26. The van der Waals surface area contributed by atoms with Crippen molar-refractivity contribution in [1.82, 2.24) is 0 Å². The van der Waals surface area contributed by atoms with Crippen LogP contribution in [-0.2, 0) is 0 Å². The smallest absolute Gasteiger partial charge is 0.101 e. The summed E-state index contributed by atoms with van der Waals surface area (Å²) < 4.78 is 0. The van der Waals surface area contributed by atoms with Crippen LogP contribution >= 0.6 is 0 Å². The molecule has 12 heavy (non-hydrogen) atoms. The van der Waals surface area contributed by atoms with Crippen LogP contribution in [0.4, 0.5) is 0 Å². The molecular formula is C9H19GdNO. The molecule has 0 unspecified atom stereocenters. The van der Waals surface area contributed by atoms with Crippen LogP contribution in [0.5, 0.6) is 0 Å². The number of rotatable bonds is 4. The Morgan fingerprint density at radius 1 is 1.25 bits per heavy atom. The van der Waals surface area contributed by atoms with E-state index in [-0.39, 0.29) is 39.9 Å².